The fourth-order valence-corrected chi connectivity index (χ4v) is 3.53. The van der Waals surface area contributed by atoms with Gasteiger partial charge in [0, 0.05) is 63.3 Å². The zero-order valence-corrected chi connectivity index (χ0v) is 30.3. The average Bonchev–Trinajstić information content (AvgIpc) is 2.82. The van der Waals surface area contributed by atoms with Crippen molar-refractivity contribution in [2.75, 3.05) is 0 Å². The smallest absolute Gasteiger partial charge is 0.133 e. The van der Waals surface area contributed by atoms with Crippen molar-refractivity contribution in [3.8, 4) is 0 Å². The van der Waals surface area contributed by atoms with E-state index in [2.05, 4.69) is 162 Å². The molecule has 0 unspecified atom stereocenters. The summed E-state index contributed by atoms with van der Waals surface area (Å²) < 4.78 is 0. The molecule has 0 spiro atoms. The van der Waals surface area contributed by atoms with Crippen LogP contribution in [-0.4, -0.2) is 24.9 Å². The molecule has 3 aromatic heterocycles. The summed E-state index contributed by atoms with van der Waals surface area (Å²) in [6.07, 6.45) is 7.49. The van der Waals surface area contributed by atoms with Crippen molar-refractivity contribution >= 4 is 0 Å². The third kappa shape index (κ3) is 12.3. The molecule has 0 radical (unpaired) electrons. The molecule has 5 heteroatoms. The molecule has 0 saturated heterocycles. The Hall–Kier alpha value is -2.69. The van der Waals surface area contributed by atoms with Crippen LogP contribution in [0.25, 0.3) is 0 Å². The van der Waals surface area contributed by atoms with E-state index < -0.39 is 0 Å². The van der Waals surface area contributed by atoms with E-state index in [0.717, 1.165) is 22.9 Å². The van der Waals surface area contributed by atoms with Gasteiger partial charge in [0.15, 0.2) is 0 Å². The molecule has 0 aliphatic heterocycles. The second kappa shape index (κ2) is 13.3. The number of nitrogens with zero attached hydrogens (tertiary/aromatic N) is 5. The molecule has 0 amide bonds. The predicted octanol–water partition coefficient (Wildman–Crippen LogP) is 9.82. The highest BCUT2D eigenvalue weighted by Gasteiger charge is 2.23. The molecule has 0 atom stereocenters. The average molecular weight is 576 g/mol. The van der Waals surface area contributed by atoms with Crippen LogP contribution >= 0.6 is 0 Å². The fourth-order valence-electron chi connectivity index (χ4n) is 3.53. The van der Waals surface area contributed by atoms with Crippen molar-refractivity contribution in [3.63, 3.8) is 0 Å². The van der Waals surface area contributed by atoms with E-state index in [1.54, 1.807) is 0 Å². The lowest BCUT2D eigenvalue weighted by Crippen LogP contribution is -2.21. The summed E-state index contributed by atoms with van der Waals surface area (Å²) in [7, 11) is 0. The van der Waals surface area contributed by atoms with Crippen molar-refractivity contribution < 1.29 is 0 Å². The van der Waals surface area contributed by atoms with Gasteiger partial charge in [0.1, 0.15) is 5.82 Å². The summed E-state index contributed by atoms with van der Waals surface area (Å²) in [6.45, 7) is 39.1. The summed E-state index contributed by atoms with van der Waals surface area (Å²) in [5.41, 5.74) is 6.39. The molecule has 0 fully saturated rings. The minimum absolute atomic E-state index is 0.0290. The van der Waals surface area contributed by atoms with E-state index in [9.17, 15) is 0 Å². The van der Waals surface area contributed by atoms with E-state index in [0.29, 0.717) is 0 Å². The molecule has 0 N–H and O–H groups in total. The van der Waals surface area contributed by atoms with Crippen molar-refractivity contribution in [1.82, 2.24) is 24.9 Å². The first-order valence-electron chi connectivity index (χ1n) is 15.3. The quantitative estimate of drug-likeness (QED) is 0.267. The summed E-state index contributed by atoms with van der Waals surface area (Å²) in [4.78, 5) is 22.2. The molecule has 3 heterocycles. The summed E-state index contributed by atoms with van der Waals surface area (Å²) in [5, 5.41) is 0. The second-order valence-corrected chi connectivity index (χ2v) is 17.5. The van der Waals surface area contributed by atoms with Crippen LogP contribution in [0.3, 0.4) is 0 Å². The Morgan fingerprint density at radius 1 is 0.405 bits per heavy atom. The van der Waals surface area contributed by atoms with Gasteiger partial charge in [-0.3, -0.25) is 15.0 Å². The van der Waals surface area contributed by atoms with Crippen LogP contribution < -0.4 is 0 Å². The first-order valence-corrected chi connectivity index (χ1v) is 15.3. The Bertz CT molecular complexity index is 1020. The van der Waals surface area contributed by atoms with Gasteiger partial charge >= 0.3 is 0 Å². The van der Waals surface area contributed by atoms with Crippen LogP contribution in [0.5, 0.6) is 0 Å². The zero-order chi connectivity index (χ0) is 32.9. The number of aromatic nitrogens is 5. The topological polar surface area (TPSA) is 64.5 Å². The van der Waals surface area contributed by atoms with Gasteiger partial charge in [0.05, 0.1) is 11.4 Å². The van der Waals surface area contributed by atoms with E-state index in [-0.39, 0.29) is 32.5 Å². The molecular formula is C37H61N5. The number of pyridine rings is 1. The van der Waals surface area contributed by atoms with E-state index in [1.807, 2.05) is 30.9 Å². The molecular weight excluding hydrogens is 514 g/mol. The summed E-state index contributed by atoms with van der Waals surface area (Å²) in [5.74, 6) is 0.921. The molecule has 0 aliphatic rings. The minimum atomic E-state index is 0.0290. The lowest BCUT2D eigenvalue weighted by molar-refractivity contribution is 0.513. The standard InChI is InChI=1S/C13H21N.2C12H20N2/c1-12(2,3)10-7-8-14-11(9-10)13(4,5)6;1-11(2,3)9-7-13-8-10(14-9)12(4,5)6;1-11(2,3)9-7-8-13-10(14-9)12(4,5)6/h7-9H,1-6H3;2*7-8H,1-6H3. The summed E-state index contributed by atoms with van der Waals surface area (Å²) in [6, 6.07) is 6.32. The molecule has 0 saturated carbocycles. The van der Waals surface area contributed by atoms with E-state index in [4.69, 9.17) is 0 Å². The van der Waals surface area contributed by atoms with Gasteiger partial charge in [0.25, 0.3) is 0 Å². The van der Waals surface area contributed by atoms with Crippen LogP contribution in [0.15, 0.2) is 43.0 Å². The highest BCUT2D eigenvalue weighted by molar-refractivity contribution is 5.26. The van der Waals surface area contributed by atoms with E-state index in [1.165, 1.54) is 11.3 Å². The molecule has 0 aromatic carbocycles. The van der Waals surface area contributed by atoms with Crippen molar-refractivity contribution in [2.45, 2.75) is 157 Å². The monoisotopic (exact) mass is 575 g/mol. The normalized spacial score (nSPS) is 13.0. The van der Waals surface area contributed by atoms with Gasteiger partial charge in [-0.15, -0.1) is 0 Å². The Morgan fingerprint density at radius 3 is 1.21 bits per heavy atom. The third-order valence-electron chi connectivity index (χ3n) is 6.66. The maximum atomic E-state index is 4.65. The fraction of sp³-hybridized carbons (Fsp3) is 0.649. The van der Waals surface area contributed by atoms with Crippen molar-refractivity contribution in [1.29, 1.82) is 0 Å². The van der Waals surface area contributed by atoms with Crippen LogP contribution in [0.2, 0.25) is 0 Å². The lowest BCUT2D eigenvalue weighted by atomic mass is 9.84. The summed E-state index contributed by atoms with van der Waals surface area (Å²) >= 11 is 0. The van der Waals surface area contributed by atoms with Crippen molar-refractivity contribution in [3.05, 3.63) is 77.2 Å². The molecule has 0 bridgehead atoms. The largest absolute Gasteiger partial charge is 0.261 e. The predicted molar refractivity (Wildman–Crippen MR) is 181 cm³/mol. The molecule has 5 nitrogen and oxygen atoms in total. The molecule has 0 aliphatic carbocycles. The van der Waals surface area contributed by atoms with Gasteiger partial charge in [-0.2, -0.15) is 0 Å². The van der Waals surface area contributed by atoms with Gasteiger partial charge in [-0.05, 0) is 29.2 Å². The van der Waals surface area contributed by atoms with Crippen molar-refractivity contribution in [2.24, 2.45) is 0 Å². The van der Waals surface area contributed by atoms with Gasteiger partial charge in [0.2, 0.25) is 0 Å². The maximum absolute atomic E-state index is 4.65. The highest BCUT2D eigenvalue weighted by Crippen LogP contribution is 2.27. The van der Waals surface area contributed by atoms with Gasteiger partial charge < -0.3 is 0 Å². The van der Waals surface area contributed by atoms with Crippen LogP contribution in [-0.2, 0) is 32.5 Å². The minimum Gasteiger partial charge on any atom is -0.261 e. The Labute approximate surface area is 258 Å². The highest BCUT2D eigenvalue weighted by atomic mass is 14.9. The lowest BCUT2D eigenvalue weighted by Gasteiger charge is -2.23. The van der Waals surface area contributed by atoms with Crippen LogP contribution in [0.1, 0.15) is 159 Å². The Morgan fingerprint density at radius 2 is 0.833 bits per heavy atom. The SMILES string of the molecule is CC(C)(C)c1ccnc(C(C)(C)C)c1.CC(C)(C)c1ccnc(C(C)(C)C)n1.CC(C)(C)c1cncc(C(C)(C)C)n1. The zero-order valence-electron chi connectivity index (χ0n) is 30.3. The van der Waals surface area contributed by atoms with Gasteiger partial charge in [-0.1, -0.05) is 125 Å². The number of hydrogen-bond donors (Lipinski definition) is 0. The molecule has 42 heavy (non-hydrogen) atoms. The third-order valence-corrected chi connectivity index (χ3v) is 6.66. The second-order valence-electron chi connectivity index (χ2n) is 17.5. The number of rotatable bonds is 0. The Kier molecular flexibility index (Phi) is 11.8. The Balaban J connectivity index is 0.000000315. The first-order chi connectivity index (χ1) is 18.6. The maximum Gasteiger partial charge on any atom is 0.133 e. The number of hydrogen-bond acceptors (Lipinski definition) is 5. The first kappa shape index (κ1) is 37.3. The van der Waals surface area contributed by atoms with Gasteiger partial charge in [-0.25, -0.2) is 9.97 Å². The van der Waals surface area contributed by atoms with E-state index >= 15 is 0 Å². The molecule has 3 aromatic rings. The van der Waals surface area contributed by atoms with Crippen LogP contribution in [0.4, 0.5) is 0 Å². The molecule has 3 rings (SSSR count). The van der Waals surface area contributed by atoms with Crippen LogP contribution in [0, 0.1) is 0 Å². The molecule has 234 valence electrons.